The molecule has 7 nitrogen and oxygen atoms in total. The molecule has 0 fully saturated rings. The van der Waals surface area contributed by atoms with Crippen LogP contribution in [0.25, 0.3) is 0 Å². The number of esters is 1. The van der Waals surface area contributed by atoms with Crippen molar-refractivity contribution in [3.63, 3.8) is 0 Å². The molecule has 3 aromatic rings. The topological polar surface area (TPSA) is 85.9 Å². The summed E-state index contributed by atoms with van der Waals surface area (Å²) in [7, 11) is 2.92. The summed E-state index contributed by atoms with van der Waals surface area (Å²) in [5.74, 6) is -0.628. The zero-order valence-electron chi connectivity index (χ0n) is 21.1. The van der Waals surface area contributed by atoms with Gasteiger partial charge in [0.15, 0.2) is 17.3 Å². The van der Waals surface area contributed by atoms with Crippen LogP contribution < -0.4 is 20.1 Å². The first-order chi connectivity index (χ1) is 18.0. The van der Waals surface area contributed by atoms with Crippen LogP contribution in [0.3, 0.4) is 0 Å². The summed E-state index contributed by atoms with van der Waals surface area (Å²) in [6, 6.07) is 22.9. The van der Waals surface area contributed by atoms with E-state index in [9.17, 15) is 9.59 Å². The normalized spacial score (nSPS) is 20.5. The Bertz CT molecular complexity index is 1350. The number of anilines is 2. The number of Topliss-reactive ketones (excluding diaryl/α,β-unsaturated/α-hetero) is 1. The smallest absolute Gasteiger partial charge is 0.316 e. The molecule has 0 spiro atoms. The summed E-state index contributed by atoms with van der Waals surface area (Å²) < 4.78 is 16.7. The van der Waals surface area contributed by atoms with Crippen LogP contribution >= 0.6 is 0 Å². The highest BCUT2D eigenvalue weighted by Crippen LogP contribution is 2.45. The zero-order valence-corrected chi connectivity index (χ0v) is 21.1. The number of ether oxygens (including phenoxy) is 3. The van der Waals surface area contributed by atoms with Gasteiger partial charge in [-0.3, -0.25) is 9.59 Å². The lowest BCUT2D eigenvalue weighted by atomic mass is 9.75. The Morgan fingerprint density at radius 2 is 1.68 bits per heavy atom. The number of carbonyl (C=O) groups excluding carboxylic acids is 2. The molecular formula is C30H30N2O5. The van der Waals surface area contributed by atoms with Crippen LogP contribution in [0.4, 0.5) is 11.4 Å². The van der Waals surface area contributed by atoms with Gasteiger partial charge in [-0.05, 0) is 47.7 Å². The summed E-state index contributed by atoms with van der Waals surface area (Å²) in [5, 5.41) is 7.00. The highest BCUT2D eigenvalue weighted by atomic mass is 16.5. The molecule has 2 N–H and O–H groups in total. The summed E-state index contributed by atoms with van der Waals surface area (Å²) in [6.07, 6.45) is 0.544. The van der Waals surface area contributed by atoms with Gasteiger partial charge >= 0.3 is 5.97 Å². The molecular weight excluding hydrogens is 468 g/mol. The second-order valence-electron chi connectivity index (χ2n) is 9.37. The van der Waals surface area contributed by atoms with E-state index in [1.165, 1.54) is 7.11 Å². The van der Waals surface area contributed by atoms with Crippen molar-refractivity contribution in [2.75, 3.05) is 24.9 Å². The number of carbonyl (C=O) groups is 2. The fraction of sp³-hybridized carbons (Fsp3) is 0.267. The van der Waals surface area contributed by atoms with Gasteiger partial charge in [0.25, 0.3) is 0 Å². The Balaban J connectivity index is 1.54. The van der Waals surface area contributed by atoms with Crippen LogP contribution in [-0.4, -0.2) is 26.0 Å². The highest BCUT2D eigenvalue weighted by molar-refractivity contribution is 6.11. The average Bonchev–Trinajstić information content (AvgIpc) is 3.09. The first-order valence-electron chi connectivity index (χ1n) is 12.3. The summed E-state index contributed by atoms with van der Waals surface area (Å²) >= 11 is 0. The van der Waals surface area contributed by atoms with Crippen LogP contribution in [0.1, 0.15) is 30.5 Å². The summed E-state index contributed by atoms with van der Waals surface area (Å²) in [4.78, 5) is 26.4. The molecule has 3 atom stereocenters. The van der Waals surface area contributed by atoms with Gasteiger partial charge in [0.2, 0.25) is 0 Å². The first-order valence-corrected chi connectivity index (χ1v) is 12.3. The van der Waals surface area contributed by atoms with Gasteiger partial charge in [-0.2, -0.15) is 0 Å². The number of allylic oxidation sites excluding steroid dienone is 1. The molecule has 0 unspecified atom stereocenters. The predicted molar refractivity (Wildman–Crippen MR) is 142 cm³/mol. The molecule has 0 amide bonds. The molecule has 1 aliphatic carbocycles. The molecule has 5 rings (SSSR count). The fourth-order valence-electron chi connectivity index (χ4n) is 5.10. The van der Waals surface area contributed by atoms with Crippen molar-refractivity contribution < 1.29 is 23.8 Å². The van der Waals surface area contributed by atoms with Crippen LogP contribution in [0.2, 0.25) is 0 Å². The molecule has 190 valence electrons. The van der Waals surface area contributed by atoms with Crippen LogP contribution in [0.15, 0.2) is 84.1 Å². The van der Waals surface area contributed by atoms with E-state index in [-0.39, 0.29) is 11.7 Å². The number of fused-ring (bicyclic) bond motifs is 1. The zero-order chi connectivity index (χ0) is 25.9. The molecule has 1 aliphatic heterocycles. The second-order valence-corrected chi connectivity index (χ2v) is 9.37. The van der Waals surface area contributed by atoms with Crippen LogP contribution in [-0.2, 0) is 20.9 Å². The van der Waals surface area contributed by atoms with Crippen molar-refractivity contribution in [2.24, 2.45) is 11.8 Å². The minimum atomic E-state index is -0.855. The Kier molecular flexibility index (Phi) is 6.86. The van der Waals surface area contributed by atoms with Crippen LogP contribution in [0, 0.1) is 11.8 Å². The fourth-order valence-corrected chi connectivity index (χ4v) is 5.10. The standard InChI is InChI=1S/C30H30N2O5/c1-18-15-23-27(29(33)26(18)30(34)36-3)28(32-22-12-8-7-11-21(22)31-23)20-13-14-24(25(16-20)35-2)37-17-19-9-5-4-6-10-19/h4-14,16,18,26,28,31-32H,15,17H2,1-3H3/t18-,26-,28+/m0/s1. The Hall–Kier alpha value is -4.26. The Morgan fingerprint density at radius 1 is 0.946 bits per heavy atom. The van der Waals surface area contributed by atoms with E-state index in [1.807, 2.05) is 79.7 Å². The minimum Gasteiger partial charge on any atom is -0.493 e. The molecule has 3 aromatic carbocycles. The largest absolute Gasteiger partial charge is 0.493 e. The first kappa shape index (κ1) is 24.4. The van der Waals surface area contributed by atoms with E-state index in [0.717, 1.165) is 28.2 Å². The monoisotopic (exact) mass is 498 g/mol. The predicted octanol–water partition coefficient (Wildman–Crippen LogP) is 5.51. The Labute approximate surface area is 216 Å². The lowest BCUT2D eigenvalue weighted by Gasteiger charge is -2.32. The van der Waals surface area contributed by atoms with Crippen molar-refractivity contribution in [2.45, 2.75) is 26.0 Å². The van der Waals surface area contributed by atoms with E-state index in [4.69, 9.17) is 14.2 Å². The van der Waals surface area contributed by atoms with E-state index in [1.54, 1.807) is 7.11 Å². The number of methoxy groups -OCH3 is 2. The third-order valence-electron chi connectivity index (χ3n) is 6.98. The van der Waals surface area contributed by atoms with E-state index in [0.29, 0.717) is 30.1 Å². The van der Waals surface area contributed by atoms with E-state index < -0.39 is 17.9 Å². The van der Waals surface area contributed by atoms with Gasteiger partial charge < -0.3 is 24.8 Å². The van der Waals surface area contributed by atoms with Gasteiger partial charge in [0, 0.05) is 11.3 Å². The molecule has 2 aliphatic rings. The molecule has 37 heavy (non-hydrogen) atoms. The van der Waals surface area contributed by atoms with Crippen molar-refractivity contribution >= 4 is 23.1 Å². The SMILES string of the molecule is COC(=O)[C@@H]1C(=O)C2=C(C[C@@H]1C)Nc1ccccc1N[C@@H]2c1ccc(OCc2ccccc2)c(OC)c1. The summed E-state index contributed by atoms with van der Waals surface area (Å²) in [6.45, 7) is 2.31. The Morgan fingerprint density at radius 3 is 2.41 bits per heavy atom. The molecule has 0 saturated heterocycles. The maximum absolute atomic E-state index is 13.8. The molecule has 0 radical (unpaired) electrons. The van der Waals surface area contributed by atoms with Crippen molar-refractivity contribution in [3.8, 4) is 11.5 Å². The van der Waals surface area contributed by atoms with E-state index in [2.05, 4.69) is 10.6 Å². The number of hydrogen-bond acceptors (Lipinski definition) is 7. The quantitative estimate of drug-likeness (QED) is 0.343. The number of rotatable bonds is 6. The van der Waals surface area contributed by atoms with Gasteiger partial charge in [-0.15, -0.1) is 0 Å². The molecule has 0 saturated carbocycles. The van der Waals surface area contributed by atoms with E-state index >= 15 is 0 Å². The van der Waals surface area contributed by atoms with Gasteiger partial charge in [0.05, 0.1) is 31.6 Å². The lowest BCUT2D eigenvalue weighted by molar-refractivity contribution is -0.151. The lowest BCUT2D eigenvalue weighted by Crippen LogP contribution is -2.39. The van der Waals surface area contributed by atoms with Crippen molar-refractivity contribution in [3.05, 3.63) is 95.2 Å². The van der Waals surface area contributed by atoms with Crippen molar-refractivity contribution in [1.82, 2.24) is 0 Å². The maximum atomic E-state index is 13.8. The average molecular weight is 499 g/mol. The second kappa shape index (κ2) is 10.4. The minimum absolute atomic E-state index is 0.194. The van der Waals surface area contributed by atoms with Gasteiger partial charge in [-0.1, -0.05) is 55.5 Å². The number of benzene rings is 3. The van der Waals surface area contributed by atoms with Gasteiger partial charge in [-0.25, -0.2) is 0 Å². The highest BCUT2D eigenvalue weighted by Gasteiger charge is 2.44. The van der Waals surface area contributed by atoms with Gasteiger partial charge in [0.1, 0.15) is 12.5 Å². The summed E-state index contributed by atoms with van der Waals surface area (Å²) in [5.41, 5.74) is 4.95. The molecule has 0 bridgehead atoms. The third-order valence-corrected chi connectivity index (χ3v) is 6.98. The number of hydrogen-bond donors (Lipinski definition) is 2. The number of nitrogens with one attached hydrogen (secondary N) is 2. The molecule has 0 aromatic heterocycles. The third kappa shape index (κ3) is 4.77. The molecule has 7 heteroatoms. The van der Waals surface area contributed by atoms with Crippen LogP contribution in [0.5, 0.6) is 11.5 Å². The molecule has 1 heterocycles. The number of ketones is 1. The maximum Gasteiger partial charge on any atom is 0.316 e. The number of para-hydroxylation sites is 2. The van der Waals surface area contributed by atoms with Crippen molar-refractivity contribution in [1.29, 1.82) is 0 Å².